The van der Waals surface area contributed by atoms with E-state index in [1.807, 2.05) is 0 Å². The molecule has 0 aliphatic heterocycles. The molecule has 0 radical (unpaired) electrons. The molecule has 0 aliphatic rings. The number of hydrogen-bond acceptors (Lipinski definition) is 0. The van der Waals surface area contributed by atoms with Gasteiger partial charge in [-0.1, -0.05) is 46.4 Å². The van der Waals surface area contributed by atoms with Crippen LogP contribution in [0.1, 0.15) is 0 Å². The summed E-state index contributed by atoms with van der Waals surface area (Å²) in [5, 5.41) is -1.72. The average molecular weight is 256 g/mol. The summed E-state index contributed by atoms with van der Waals surface area (Å²) in [7, 11) is 0. The van der Waals surface area contributed by atoms with Crippen molar-refractivity contribution in [2.75, 3.05) is 0 Å². The van der Waals surface area contributed by atoms with Crippen LogP contribution in [0.3, 0.4) is 0 Å². The second kappa shape index (κ2) is 6.40. The van der Waals surface area contributed by atoms with Crippen molar-refractivity contribution in [3.63, 3.8) is 0 Å². The van der Waals surface area contributed by atoms with Crippen LogP contribution in [0.4, 0.5) is 17.6 Å². The zero-order valence-electron chi connectivity index (χ0n) is 4.68. The molecule has 0 N–H and O–H groups in total. The molecule has 0 saturated carbocycles. The van der Waals surface area contributed by atoms with Crippen LogP contribution in [0.15, 0.2) is 0 Å². The summed E-state index contributed by atoms with van der Waals surface area (Å²) in [6, 6.07) is 0. The minimum Gasteiger partial charge on any atom is -0.212 e. The summed E-state index contributed by atoms with van der Waals surface area (Å²) in [6.45, 7) is 0. The van der Waals surface area contributed by atoms with Crippen LogP contribution >= 0.6 is 46.4 Å². The molecule has 0 fully saturated rings. The van der Waals surface area contributed by atoms with Crippen molar-refractivity contribution in [3.8, 4) is 0 Å². The molecule has 0 rings (SSSR count). The highest BCUT2D eigenvalue weighted by atomic mass is 35.5. The lowest BCUT2D eigenvalue weighted by atomic mass is 10.8. The third-order valence-corrected chi connectivity index (χ3v) is 0.742. The SMILES string of the molecule is FC(Cl)Cl.FC(F)(F)C(Cl)Cl. The molecule has 0 aromatic carbocycles. The monoisotopic (exact) mass is 254 g/mol. The van der Waals surface area contributed by atoms with Crippen molar-refractivity contribution < 1.29 is 17.6 Å². The van der Waals surface area contributed by atoms with E-state index in [0.717, 1.165) is 0 Å². The Morgan fingerprint density at radius 1 is 0.909 bits per heavy atom. The summed E-state index contributed by atoms with van der Waals surface area (Å²) < 4.78 is 43.3. The molecular weight excluding hydrogens is 254 g/mol. The van der Waals surface area contributed by atoms with E-state index in [0.29, 0.717) is 0 Å². The van der Waals surface area contributed by atoms with E-state index in [-0.39, 0.29) is 0 Å². The van der Waals surface area contributed by atoms with Gasteiger partial charge in [0.1, 0.15) is 0 Å². The van der Waals surface area contributed by atoms with Gasteiger partial charge in [-0.05, 0) is 0 Å². The van der Waals surface area contributed by atoms with Crippen LogP contribution in [0, 0.1) is 0 Å². The lowest BCUT2D eigenvalue weighted by Gasteiger charge is -2.03. The molecule has 0 aromatic rings. The minimum atomic E-state index is -4.47. The van der Waals surface area contributed by atoms with E-state index >= 15 is 0 Å². The Labute approximate surface area is 80.4 Å². The predicted octanol–water partition coefficient (Wildman–Crippen LogP) is 4.07. The Morgan fingerprint density at radius 2 is 1.00 bits per heavy atom. The van der Waals surface area contributed by atoms with Crippen molar-refractivity contribution in [1.29, 1.82) is 0 Å². The van der Waals surface area contributed by atoms with Crippen LogP contribution in [0.25, 0.3) is 0 Å². The van der Waals surface area contributed by atoms with Crippen molar-refractivity contribution in [3.05, 3.63) is 0 Å². The maximum absolute atomic E-state index is 10.9. The first-order valence-electron chi connectivity index (χ1n) is 1.95. The molecule has 8 heteroatoms. The Morgan fingerprint density at radius 3 is 1.00 bits per heavy atom. The molecule has 0 atom stereocenters. The highest BCUT2D eigenvalue weighted by Crippen LogP contribution is 2.26. The Bertz CT molecular complexity index is 87.1. The van der Waals surface area contributed by atoms with Gasteiger partial charge in [-0.2, -0.15) is 13.2 Å². The summed E-state index contributed by atoms with van der Waals surface area (Å²) >= 11 is 17.5. The van der Waals surface area contributed by atoms with Gasteiger partial charge in [-0.15, -0.1) is 0 Å². The minimum absolute atomic E-state index is 1.72. The standard InChI is InChI=1S/C2HCl2F3.CHCl2F/c3-1(4)2(5,6)7;2-1(3)4/h1H;1H. The maximum atomic E-state index is 10.9. The molecule has 0 amide bonds. The molecule has 0 saturated heterocycles. The topological polar surface area (TPSA) is 0 Å². The average Bonchev–Trinajstić information content (AvgIpc) is 1.59. The molecule has 0 heterocycles. The van der Waals surface area contributed by atoms with Gasteiger partial charge in [0.2, 0.25) is 9.93 Å². The third-order valence-electron chi connectivity index (χ3n) is 0.247. The fourth-order valence-corrected chi connectivity index (χ4v) is 0. The number of hydrogen-bond donors (Lipinski definition) is 0. The fourth-order valence-electron chi connectivity index (χ4n) is 0. The first kappa shape index (κ1) is 14.4. The van der Waals surface area contributed by atoms with E-state index in [9.17, 15) is 17.6 Å². The van der Waals surface area contributed by atoms with Crippen molar-refractivity contribution in [2.45, 2.75) is 16.1 Å². The van der Waals surface area contributed by atoms with Gasteiger partial charge in [0.15, 0.2) is 0 Å². The number of alkyl halides is 8. The first-order valence-corrected chi connectivity index (χ1v) is 3.69. The zero-order chi connectivity index (χ0) is 9.65. The molecule has 11 heavy (non-hydrogen) atoms. The molecule has 0 bridgehead atoms. The first-order chi connectivity index (χ1) is 4.68. The largest absolute Gasteiger partial charge is 0.418 e. The van der Waals surface area contributed by atoms with Crippen LogP contribution in [-0.2, 0) is 0 Å². The van der Waals surface area contributed by atoms with Crippen LogP contribution < -0.4 is 0 Å². The smallest absolute Gasteiger partial charge is 0.212 e. The number of rotatable bonds is 0. The number of halogens is 8. The lowest BCUT2D eigenvalue weighted by molar-refractivity contribution is -0.115. The quantitative estimate of drug-likeness (QED) is 0.452. The van der Waals surface area contributed by atoms with Crippen LogP contribution in [0.2, 0.25) is 0 Å². The predicted molar refractivity (Wildman–Crippen MR) is 38.2 cm³/mol. The fraction of sp³-hybridized carbons (Fsp3) is 1.00. The Kier molecular flexibility index (Phi) is 8.38. The van der Waals surface area contributed by atoms with Gasteiger partial charge in [-0.3, -0.25) is 0 Å². The summed E-state index contributed by atoms with van der Waals surface area (Å²) in [5.41, 5.74) is 0. The van der Waals surface area contributed by atoms with E-state index in [4.69, 9.17) is 0 Å². The van der Waals surface area contributed by atoms with E-state index in [1.165, 1.54) is 0 Å². The maximum Gasteiger partial charge on any atom is 0.418 e. The van der Waals surface area contributed by atoms with Crippen molar-refractivity contribution in [1.82, 2.24) is 0 Å². The molecule has 0 unspecified atom stereocenters. The van der Waals surface area contributed by atoms with Gasteiger partial charge in [0, 0.05) is 0 Å². The van der Waals surface area contributed by atoms with Crippen molar-refractivity contribution in [2.24, 2.45) is 0 Å². The zero-order valence-corrected chi connectivity index (χ0v) is 7.70. The van der Waals surface area contributed by atoms with Gasteiger partial charge >= 0.3 is 6.18 Å². The van der Waals surface area contributed by atoms with Gasteiger partial charge in [0.05, 0.1) is 0 Å². The van der Waals surface area contributed by atoms with Crippen LogP contribution in [0.5, 0.6) is 0 Å². The second-order valence-corrected chi connectivity index (χ2v) is 3.18. The third kappa shape index (κ3) is 18.1. The highest BCUT2D eigenvalue weighted by Gasteiger charge is 2.36. The highest BCUT2D eigenvalue weighted by molar-refractivity contribution is 6.44. The molecule has 0 aliphatic carbocycles. The summed E-state index contributed by atoms with van der Waals surface area (Å²) in [5.74, 6) is 0. The van der Waals surface area contributed by atoms with E-state index in [1.54, 1.807) is 0 Å². The normalized spacial score (nSPS) is 11.5. The molecule has 0 nitrogen and oxygen atoms in total. The van der Waals surface area contributed by atoms with Gasteiger partial charge < -0.3 is 0 Å². The van der Waals surface area contributed by atoms with Crippen molar-refractivity contribution >= 4 is 46.4 Å². The molecule has 0 aromatic heterocycles. The summed E-state index contributed by atoms with van der Waals surface area (Å²) in [6.07, 6.45) is -4.47. The Balaban J connectivity index is 0. The van der Waals surface area contributed by atoms with E-state index in [2.05, 4.69) is 46.4 Å². The van der Waals surface area contributed by atoms with Gasteiger partial charge in [0.25, 0.3) is 0 Å². The van der Waals surface area contributed by atoms with E-state index < -0.39 is 16.1 Å². The molecule has 70 valence electrons. The summed E-state index contributed by atoms with van der Waals surface area (Å²) in [4.78, 5) is -2.26. The molecule has 0 spiro atoms. The lowest BCUT2D eigenvalue weighted by Crippen LogP contribution is -2.16. The Hall–Kier alpha value is 0.880. The van der Waals surface area contributed by atoms with Gasteiger partial charge in [-0.25, -0.2) is 4.39 Å². The molecular formula is C3H2Cl4F4. The van der Waals surface area contributed by atoms with Crippen LogP contribution in [-0.4, -0.2) is 16.1 Å². The second-order valence-electron chi connectivity index (χ2n) is 1.09.